The van der Waals surface area contributed by atoms with Crippen LogP contribution in [0.15, 0.2) is 51.9 Å². The number of aliphatic imine (C=N–C) groups is 1. The first kappa shape index (κ1) is 17.6. The first-order valence-corrected chi connectivity index (χ1v) is 9.69. The molecule has 0 bridgehead atoms. The maximum absolute atomic E-state index is 12.7. The molecular weight excluding hydrogens is 360 g/mol. The lowest BCUT2D eigenvalue weighted by Gasteiger charge is -2.30. The van der Waals surface area contributed by atoms with Crippen molar-refractivity contribution in [3.05, 3.63) is 59.5 Å². The predicted octanol–water partition coefficient (Wildman–Crippen LogP) is 4.06. The summed E-state index contributed by atoms with van der Waals surface area (Å²) in [4.78, 5) is 21.6. The van der Waals surface area contributed by atoms with Gasteiger partial charge < -0.3 is 15.5 Å². The number of aryl methyl sites for hydroxylation is 1. The van der Waals surface area contributed by atoms with Crippen LogP contribution in [0.4, 0.5) is 5.69 Å². The molecule has 2 aromatic carbocycles. The second kappa shape index (κ2) is 6.74. The van der Waals surface area contributed by atoms with Crippen molar-refractivity contribution < 1.29 is 9.21 Å². The van der Waals surface area contributed by atoms with Gasteiger partial charge in [-0.15, -0.1) is 0 Å². The molecule has 1 aromatic heterocycles. The van der Waals surface area contributed by atoms with Crippen LogP contribution in [0, 0.1) is 6.92 Å². The maximum atomic E-state index is 12.7. The standard InChI is InChI=1S/C20H20N4O2S/c1-12-22-16-10-13(6-7-17(16)26-12)18(25)23-15-5-3-4-14(11-15)20(2)8-9-27-19(21)24-20/h3-7,10-11H,8-9H2,1-2H3,(H2,21,24)(H,23,25). The zero-order valence-electron chi connectivity index (χ0n) is 15.2. The molecule has 1 atom stereocenters. The maximum Gasteiger partial charge on any atom is 0.255 e. The largest absolute Gasteiger partial charge is 0.441 e. The van der Waals surface area contributed by atoms with Gasteiger partial charge in [0.25, 0.3) is 5.91 Å². The van der Waals surface area contributed by atoms with E-state index >= 15 is 0 Å². The van der Waals surface area contributed by atoms with Gasteiger partial charge in [0, 0.05) is 23.9 Å². The topological polar surface area (TPSA) is 93.5 Å². The minimum Gasteiger partial charge on any atom is -0.441 e. The van der Waals surface area contributed by atoms with Gasteiger partial charge in [-0.1, -0.05) is 23.9 Å². The van der Waals surface area contributed by atoms with Crippen molar-refractivity contribution in [1.82, 2.24) is 4.98 Å². The van der Waals surface area contributed by atoms with Crippen LogP contribution in [0.3, 0.4) is 0 Å². The highest BCUT2D eigenvalue weighted by molar-refractivity contribution is 8.13. The van der Waals surface area contributed by atoms with Crippen molar-refractivity contribution in [2.45, 2.75) is 25.8 Å². The molecule has 1 aliphatic heterocycles. The number of anilines is 1. The third-order valence-electron chi connectivity index (χ3n) is 4.69. The molecular formula is C20H20N4O2S. The van der Waals surface area contributed by atoms with Crippen LogP contribution in [0.5, 0.6) is 0 Å². The van der Waals surface area contributed by atoms with Crippen LogP contribution in [0.1, 0.15) is 35.2 Å². The normalized spacial score (nSPS) is 19.7. The number of nitrogens with two attached hydrogens (primary N) is 1. The molecule has 4 rings (SSSR count). The number of nitrogens with zero attached hydrogens (tertiary/aromatic N) is 2. The molecule has 0 fully saturated rings. The van der Waals surface area contributed by atoms with E-state index in [1.807, 2.05) is 24.3 Å². The van der Waals surface area contributed by atoms with Crippen LogP contribution in [0.2, 0.25) is 0 Å². The zero-order valence-corrected chi connectivity index (χ0v) is 16.0. The molecule has 0 aliphatic carbocycles. The van der Waals surface area contributed by atoms with E-state index in [4.69, 9.17) is 10.2 Å². The number of benzene rings is 2. The molecule has 0 saturated carbocycles. The number of rotatable bonds is 3. The Morgan fingerprint density at radius 2 is 2.15 bits per heavy atom. The van der Waals surface area contributed by atoms with E-state index in [-0.39, 0.29) is 11.4 Å². The number of hydrogen-bond acceptors (Lipinski definition) is 6. The number of nitrogens with one attached hydrogen (secondary N) is 1. The van der Waals surface area contributed by atoms with Gasteiger partial charge in [-0.3, -0.25) is 9.79 Å². The molecule has 7 heteroatoms. The lowest BCUT2D eigenvalue weighted by atomic mass is 9.89. The Bertz CT molecular complexity index is 1060. The Morgan fingerprint density at radius 3 is 2.96 bits per heavy atom. The molecule has 27 heavy (non-hydrogen) atoms. The molecule has 1 aliphatic rings. The third kappa shape index (κ3) is 3.55. The number of thioether (sulfide) groups is 1. The quantitative estimate of drug-likeness (QED) is 0.715. The average molecular weight is 380 g/mol. The fraction of sp³-hybridized carbons (Fsp3) is 0.250. The number of amidine groups is 1. The Labute approximate surface area is 161 Å². The summed E-state index contributed by atoms with van der Waals surface area (Å²) in [5, 5.41) is 3.56. The molecule has 3 N–H and O–H groups in total. The highest BCUT2D eigenvalue weighted by atomic mass is 32.2. The summed E-state index contributed by atoms with van der Waals surface area (Å²) >= 11 is 1.57. The van der Waals surface area contributed by atoms with E-state index in [2.05, 4.69) is 22.2 Å². The van der Waals surface area contributed by atoms with Crippen molar-refractivity contribution in [1.29, 1.82) is 0 Å². The summed E-state index contributed by atoms with van der Waals surface area (Å²) in [6.45, 7) is 3.85. The minimum absolute atomic E-state index is 0.193. The lowest BCUT2D eigenvalue weighted by molar-refractivity contribution is 0.102. The van der Waals surface area contributed by atoms with Crippen LogP contribution in [-0.4, -0.2) is 21.8 Å². The highest BCUT2D eigenvalue weighted by Crippen LogP contribution is 2.35. The number of fused-ring (bicyclic) bond motifs is 1. The van der Waals surface area contributed by atoms with Crippen molar-refractivity contribution in [3.63, 3.8) is 0 Å². The minimum atomic E-state index is -0.368. The second-order valence-corrected chi connectivity index (χ2v) is 7.89. The first-order chi connectivity index (χ1) is 12.9. The third-order valence-corrected chi connectivity index (χ3v) is 5.49. The number of hydrogen-bond donors (Lipinski definition) is 2. The van der Waals surface area contributed by atoms with Gasteiger partial charge in [-0.2, -0.15) is 0 Å². The molecule has 6 nitrogen and oxygen atoms in total. The Kier molecular flexibility index (Phi) is 4.39. The Balaban J connectivity index is 1.58. The molecule has 138 valence electrons. The summed E-state index contributed by atoms with van der Waals surface area (Å²) in [6.07, 6.45) is 0.901. The number of amides is 1. The van der Waals surface area contributed by atoms with Crippen molar-refractivity contribution >= 4 is 39.6 Å². The van der Waals surface area contributed by atoms with Crippen LogP contribution >= 0.6 is 11.8 Å². The van der Waals surface area contributed by atoms with Gasteiger partial charge in [0.1, 0.15) is 5.52 Å². The van der Waals surface area contributed by atoms with Crippen molar-refractivity contribution in [2.24, 2.45) is 10.7 Å². The van der Waals surface area contributed by atoms with Gasteiger partial charge in [-0.05, 0) is 49.2 Å². The summed E-state index contributed by atoms with van der Waals surface area (Å²) in [5.74, 6) is 1.32. The van der Waals surface area contributed by atoms with Gasteiger partial charge in [-0.25, -0.2) is 4.98 Å². The number of aromatic nitrogens is 1. The second-order valence-electron chi connectivity index (χ2n) is 6.77. The predicted molar refractivity (Wildman–Crippen MR) is 109 cm³/mol. The van der Waals surface area contributed by atoms with E-state index in [1.165, 1.54) is 0 Å². The molecule has 2 heterocycles. The molecule has 1 unspecified atom stereocenters. The van der Waals surface area contributed by atoms with Crippen LogP contribution < -0.4 is 11.1 Å². The molecule has 1 amide bonds. The van der Waals surface area contributed by atoms with Gasteiger partial charge in [0.2, 0.25) is 0 Å². The fourth-order valence-corrected chi connectivity index (χ4v) is 4.19. The molecule has 0 spiro atoms. The molecule has 0 radical (unpaired) electrons. The summed E-state index contributed by atoms with van der Waals surface area (Å²) < 4.78 is 5.46. The average Bonchev–Trinajstić information content (AvgIpc) is 3.01. The number of carbonyl (C=O) groups is 1. The SMILES string of the molecule is Cc1nc2cc(C(=O)Nc3cccc(C4(C)CCSC(N)=N4)c3)ccc2o1. The number of carbonyl (C=O) groups excluding carboxylic acids is 1. The Hall–Kier alpha value is -2.80. The van der Waals surface area contributed by atoms with E-state index in [0.717, 1.165) is 23.4 Å². The molecule has 0 saturated heterocycles. The van der Waals surface area contributed by atoms with Crippen molar-refractivity contribution in [3.8, 4) is 0 Å². The first-order valence-electron chi connectivity index (χ1n) is 8.70. The monoisotopic (exact) mass is 380 g/mol. The lowest BCUT2D eigenvalue weighted by Crippen LogP contribution is -2.28. The summed E-state index contributed by atoms with van der Waals surface area (Å²) in [6, 6.07) is 13.0. The van der Waals surface area contributed by atoms with E-state index in [1.54, 1.807) is 36.9 Å². The van der Waals surface area contributed by atoms with Crippen molar-refractivity contribution in [2.75, 3.05) is 11.1 Å². The van der Waals surface area contributed by atoms with E-state index < -0.39 is 0 Å². The van der Waals surface area contributed by atoms with Gasteiger partial charge in [0.05, 0.1) is 5.54 Å². The van der Waals surface area contributed by atoms with Gasteiger partial charge >= 0.3 is 0 Å². The zero-order chi connectivity index (χ0) is 19.0. The fourth-order valence-electron chi connectivity index (χ4n) is 3.21. The highest BCUT2D eigenvalue weighted by Gasteiger charge is 2.29. The Morgan fingerprint density at radius 1 is 1.30 bits per heavy atom. The number of oxazole rings is 1. The summed E-state index contributed by atoms with van der Waals surface area (Å²) in [7, 11) is 0. The summed E-state index contributed by atoms with van der Waals surface area (Å²) in [5.41, 5.74) is 9.18. The van der Waals surface area contributed by atoms with E-state index in [9.17, 15) is 4.79 Å². The van der Waals surface area contributed by atoms with Gasteiger partial charge in [0.15, 0.2) is 16.6 Å². The molecule has 3 aromatic rings. The van der Waals surface area contributed by atoms with E-state index in [0.29, 0.717) is 27.7 Å². The smallest absolute Gasteiger partial charge is 0.255 e. The van der Waals surface area contributed by atoms with Crippen LogP contribution in [0.25, 0.3) is 11.1 Å². The van der Waals surface area contributed by atoms with Crippen LogP contribution in [-0.2, 0) is 5.54 Å².